The van der Waals surface area contributed by atoms with Crippen LogP contribution in [-0.4, -0.2) is 16.9 Å². The Bertz CT molecular complexity index is 755. The molecule has 10 saturated heterocycles. The molecule has 0 amide bonds. The quantitative estimate of drug-likeness (QED) is 0.588. The van der Waals surface area contributed by atoms with Gasteiger partial charge in [-0.2, -0.15) is 0 Å². The van der Waals surface area contributed by atoms with Crippen LogP contribution in [0, 0.1) is 0 Å². The summed E-state index contributed by atoms with van der Waals surface area (Å²) >= 11 is 2.31. The van der Waals surface area contributed by atoms with E-state index < -0.39 is 6.51 Å². The zero-order valence-corrected chi connectivity index (χ0v) is 10.2. The zero-order valence-electron chi connectivity index (χ0n) is 6.63. The minimum atomic E-state index is -2.42. The van der Waals surface area contributed by atoms with Gasteiger partial charge in [-0.25, -0.2) is 0 Å². The van der Waals surface area contributed by atoms with Crippen LogP contribution in [0.5, 0.6) is 0 Å². The van der Waals surface area contributed by atoms with Crippen LogP contribution in [0.1, 0.15) is 0 Å². The van der Waals surface area contributed by atoms with Gasteiger partial charge in [-0.05, 0) is 0 Å². The van der Waals surface area contributed by atoms with Gasteiger partial charge in [-0.3, -0.25) is 0 Å². The molecule has 5 unspecified atom stereocenters. The van der Waals surface area contributed by atoms with E-state index in [-0.39, 0.29) is 0 Å². The molecule has 10 fully saturated rings. The maximum absolute atomic E-state index is 2.42. The number of fused-ring (bicyclic) bond motifs is 10. The molecule has 10 rings (SSSR count). The Balaban J connectivity index is 2.31. The molecule has 1 spiro atoms. The van der Waals surface area contributed by atoms with E-state index in [1.807, 2.05) is 0 Å². The van der Waals surface area contributed by atoms with Crippen molar-refractivity contribution in [1.82, 2.24) is 0 Å². The SMILES string of the molecule is [AsH2][C]12[CH]3[CH]4[CH]5[CH]1[Fe]45321678[CH]2[CH]1[CH]6[CH]7[CH]28. The first-order valence-corrected chi connectivity index (χ1v) is 13.0. The summed E-state index contributed by atoms with van der Waals surface area (Å²) in [4.78, 5) is 14.2. The molecule has 12 heavy (non-hydrogen) atoms. The van der Waals surface area contributed by atoms with Gasteiger partial charge >= 0.3 is 69.8 Å². The van der Waals surface area contributed by atoms with E-state index in [1.54, 1.807) is 43.3 Å². The van der Waals surface area contributed by atoms with Gasteiger partial charge in [0.25, 0.3) is 0 Å². The predicted molar refractivity (Wildman–Crippen MR) is 45.0 cm³/mol. The van der Waals surface area contributed by atoms with Gasteiger partial charge in [0.2, 0.25) is 0 Å². The van der Waals surface area contributed by atoms with Crippen LogP contribution >= 0.6 is 0 Å². The molecule has 0 saturated carbocycles. The van der Waals surface area contributed by atoms with Gasteiger partial charge in [0.1, 0.15) is 0 Å². The van der Waals surface area contributed by atoms with Gasteiger partial charge in [0, 0.05) is 0 Å². The van der Waals surface area contributed by atoms with Crippen molar-refractivity contribution < 1.29 is 6.51 Å². The van der Waals surface area contributed by atoms with Crippen LogP contribution in [0.25, 0.3) is 0 Å². The second-order valence-electron chi connectivity index (χ2n) is 9.74. The summed E-state index contributed by atoms with van der Waals surface area (Å²) in [5.41, 5.74) is 0. The van der Waals surface area contributed by atoms with Crippen molar-refractivity contribution in [2.45, 2.75) is 46.4 Å². The molecule has 10 aliphatic rings. The first-order chi connectivity index (χ1) is 5.55. The summed E-state index contributed by atoms with van der Waals surface area (Å²) in [6.07, 6.45) is 0. The predicted octanol–water partition coefficient (Wildman–Crippen LogP) is 2.34. The summed E-state index contributed by atoms with van der Waals surface area (Å²) in [6.45, 7) is -2.42. The molecule has 0 aromatic heterocycles. The van der Waals surface area contributed by atoms with Crippen molar-refractivity contribution in [2.24, 2.45) is 0 Å². The first-order valence-electron chi connectivity index (χ1n) is 5.55. The second kappa shape index (κ2) is 0.237. The summed E-state index contributed by atoms with van der Waals surface area (Å²) in [6, 6.07) is 0. The van der Waals surface area contributed by atoms with Crippen LogP contribution in [0.4, 0.5) is 0 Å². The van der Waals surface area contributed by atoms with E-state index in [1.165, 1.54) is 3.10 Å². The number of rotatable bonds is 0. The third kappa shape index (κ3) is 0.0246. The minimum absolute atomic E-state index is 1.26. The van der Waals surface area contributed by atoms with Crippen molar-refractivity contribution in [2.75, 3.05) is 0 Å². The van der Waals surface area contributed by atoms with E-state index in [4.69, 9.17) is 0 Å². The van der Waals surface area contributed by atoms with Gasteiger partial charge in [0.15, 0.2) is 0 Å². The standard InChI is InChI=1S/C5H6As.C5H5.Fe/c6-5-3-1-2-4-5;1-2-4-5-3-1;/h1-4H,6H2;1-5H;. The maximum atomic E-state index is 2.31. The van der Waals surface area contributed by atoms with Gasteiger partial charge < -0.3 is 0 Å². The van der Waals surface area contributed by atoms with E-state index in [0.717, 1.165) is 0 Å². The van der Waals surface area contributed by atoms with Crippen molar-refractivity contribution in [3.63, 3.8) is 0 Å². The van der Waals surface area contributed by atoms with E-state index in [9.17, 15) is 0 Å². The first kappa shape index (κ1) is 3.91. The molecule has 0 N–H and O–H groups in total. The summed E-state index contributed by atoms with van der Waals surface area (Å²) in [5, 5.41) is 0. The van der Waals surface area contributed by atoms with Crippen molar-refractivity contribution in [1.29, 1.82) is 0 Å². The van der Waals surface area contributed by atoms with Crippen molar-refractivity contribution >= 4 is 16.9 Å². The Morgan fingerprint density at radius 1 is 0.750 bits per heavy atom. The zero-order chi connectivity index (χ0) is 7.01. The molecule has 0 nitrogen and oxygen atoms in total. The third-order valence-electron chi connectivity index (χ3n) is 14.8. The summed E-state index contributed by atoms with van der Waals surface area (Å²) < 4.78 is 1.26. The molecule has 0 bridgehead atoms. The van der Waals surface area contributed by atoms with Crippen LogP contribution in [0.2, 0.25) is 46.4 Å². The molecular weight excluding hydrogens is 251 g/mol. The molecule has 0 radical (unpaired) electrons. The van der Waals surface area contributed by atoms with Crippen LogP contribution < -0.4 is 0 Å². The molecule has 64 valence electrons. The van der Waals surface area contributed by atoms with Crippen LogP contribution in [-0.2, 0) is 6.51 Å². The van der Waals surface area contributed by atoms with E-state index in [2.05, 4.69) is 16.9 Å². The Morgan fingerprint density at radius 2 is 1.17 bits per heavy atom. The molecule has 0 aliphatic carbocycles. The van der Waals surface area contributed by atoms with Gasteiger partial charge in [-0.1, -0.05) is 0 Å². The number of hydrogen-bond donors (Lipinski definition) is 0. The summed E-state index contributed by atoms with van der Waals surface area (Å²) in [7, 11) is 0. The monoisotopic (exact) mass is 262 g/mol. The Labute approximate surface area is 69.6 Å². The second-order valence-corrected chi connectivity index (χ2v) is 36.5. The van der Waals surface area contributed by atoms with E-state index >= 15 is 0 Å². The molecule has 2 heteroatoms. The Kier molecular flexibility index (Phi) is 0.0773. The molecule has 5 atom stereocenters. The normalized spacial score (nSPS) is 164. The van der Waals surface area contributed by atoms with Crippen LogP contribution in [0.3, 0.4) is 0 Å². The van der Waals surface area contributed by atoms with E-state index in [0.29, 0.717) is 0 Å². The topological polar surface area (TPSA) is 0 Å². The van der Waals surface area contributed by atoms with Gasteiger partial charge in [-0.15, -0.1) is 0 Å². The average Bonchev–Trinajstić information content (AvgIpc) is 2.97. The molecule has 0 aromatic rings. The molecule has 10 aliphatic heterocycles. The number of hydrogen-bond acceptors (Lipinski definition) is 0. The molecule has 10 heterocycles. The fraction of sp³-hybridized carbons (Fsp3) is 1.00. The fourth-order valence-electron chi connectivity index (χ4n) is 16.3. The molecular formula is C10H11AsFe. The third-order valence-corrected chi connectivity index (χ3v) is 69.1. The van der Waals surface area contributed by atoms with Crippen LogP contribution in [0.15, 0.2) is 0 Å². The Hall–Kier alpha value is 1.08. The van der Waals surface area contributed by atoms with Gasteiger partial charge in [0.05, 0.1) is 0 Å². The summed E-state index contributed by atoms with van der Waals surface area (Å²) in [5.74, 6) is 0. The Morgan fingerprint density at radius 3 is 1.17 bits per heavy atom. The van der Waals surface area contributed by atoms with Crippen molar-refractivity contribution in [3.8, 4) is 0 Å². The molecule has 0 aromatic carbocycles. The fourth-order valence-corrected chi connectivity index (χ4v) is 110. The average molecular weight is 262 g/mol. The van der Waals surface area contributed by atoms with Crippen molar-refractivity contribution in [3.05, 3.63) is 0 Å².